The minimum Gasteiger partial charge on any atom is -0.377 e. The molecule has 0 bridgehead atoms. The molecule has 0 amide bonds. The molecule has 106 valence electrons. The molecular formula is C15H31N3. The second-order valence-corrected chi connectivity index (χ2v) is 6.12. The third kappa shape index (κ3) is 4.62. The van der Waals surface area contributed by atoms with Crippen LogP contribution in [0.25, 0.3) is 0 Å². The van der Waals surface area contributed by atoms with Crippen molar-refractivity contribution in [3.05, 3.63) is 12.3 Å². The van der Waals surface area contributed by atoms with Gasteiger partial charge in [-0.3, -0.25) is 0 Å². The van der Waals surface area contributed by atoms with Gasteiger partial charge in [0.1, 0.15) is 0 Å². The van der Waals surface area contributed by atoms with Crippen LogP contribution in [0, 0.1) is 5.92 Å². The molecule has 3 heteroatoms. The molecule has 1 fully saturated rings. The Morgan fingerprint density at radius 3 is 2.17 bits per heavy atom. The molecule has 1 heterocycles. The van der Waals surface area contributed by atoms with Gasteiger partial charge in [-0.05, 0) is 53.9 Å². The van der Waals surface area contributed by atoms with Crippen molar-refractivity contribution in [2.75, 3.05) is 47.3 Å². The molecule has 18 heavy (non-hydrogen) atoms. The second kappa shape index (κ2) is 7.15. The van der Waals surface area contributed by atoms with Gasteiger partial charge in [-0.25, -0.2) is 0 Å². The Kier molecular flexibility index (Phi) is 6.16. The summed E-state index contributed by atoms with van der Waals surface area (Å²) in [6, 6.07) is 0.686. The van der Waals surface area contributed by atoms with Gasteiger partial charge in [0, 0.05) is 37.8 Å². The van der Waals surface area contributed by atoms with E-state index >= 15 is 0 Å². The van der Waals surface area contributed by atoms with Crippen LogP contribution in [0.5, 0.6) is 0 Å². The van der Waals surface area contributed by atoms with E-state index in [4.69, 9.17) is 0 Å². The van der Waals surface area contributed by atoms with Crippen LogP contribution in [0.2, 0.25) is 0 Å². The molecule has 1 saturated heterocycles. The lowest BCUT2D eigenvalue weighted by atomic mass is 9.92. The highest BCUT2D eigenvalue weighted by Crippen LogP contribution is 2.26. The van der Waals surface area contributed by atoms with Gasteiger partial charge in [-0.1, -0.05) is 6.58 Å². The van der Waals surface area contributed by atoms with Crippen LogP contribution in [-0.2, 0) is 0 Å². The van der Waals surface area contributed by atoms with Crippen molar-refractivity contribution < 1.29 is 0 Å². The molecule has 1 aliphatic heterocycles. The summed E-state index contributed by atoms with van der Waals surface area (Å²) >= 11 is 0. The standard InChI is InChI=1S/C15H31N3/c1-13(2)18-9-7-15(8-10-18)14(3)17(6)12-11-16(4)5/h13,15H,3,7-12H2,1-2,4-6H3. The van der Waals surface area contributed by atoms with E-state index in [0.717, 1.165) is 13.1 Å². The monoisotopic (exact) mass is 253 g/mol. The molecule has 0 aromatic carbocycles. The van der Waals surface area contributed by atoms with Crippen molar-refractivity contribution >= 4 is 0 Å². The summed E-state index contributed by atoms with van der Waals surface area (Å²) in [6.45, 7) is 13.5. The van der Waals surface area contributed by atoms with E-state index in [1.807, 2.05) is 0 Å². The Bertz CT molecular complexity index is 252. The lowest BCUT2D eigenvalue weighted by molar-refractivity contribution is 0.148. The fraction of sp³-hybridized carbons (Fsp3) is 0.867. The molecule has 1 aliphatic rings. The van der Waals surface area contributed by atoms with E-state index < -0.39 is 0 Å². The predicted octanol–water partition coefficient (Wildman–Crippen LogP) is 2.11. The zero-order valence-corrected chi connectivity index (χ0v) is 12.9. The highest BCUT2D eigenvalue weighted by molar-refractivity contribution is 5.01. The summed E-state index contributed by atoms with van der Waals surface area (Å²) in [6.07, 6.45) is 2.53. The Hall–Kier alpha value is -0.540. The lowest BCUT2D eigenvalue weighted by Gasteiger charge is -2.37. The molecule has 0 aliphatic carbocycles. The third-order valence-corrected chi connectivity index (χ3v) is 4.10. The van der Waals surface area contributed by atoms with Crippen LogP contribution in [0.1, 0.15) is 26.7 Å². The summed E-state index contributed by atoms with van der Waals surface area (Å²) in [5, 5.41) is 0. The Morgan fingerprint density at radius 2 is 1.72 bits per heavy atom. The van der Waals surface area contributed by atoms with Crippen LogP contribution in [0.3, 0.4) is 0 Å². The first-order valence-corrected chi connectivity index (χ1v) is 7.20. The van der Waals surface area contributed by atoms with Gasteiger partial charge in [-0.15, -0.1) is 0 Å². The van der Waals surface area contributed by atoms with E-state index in [0.29, 0.717) is 12.0 Å². The van der Waals surface area contributed by atoms with E-state index in [1.165, 1.54) is 31.6 Å². The van der Waals surface area contributed by atoms with Crippen LogP contribution < -0.4 is 0 Å². The molecule has 0 saturated carbocycles. The average Bonchev–Trinajstić information content (AvgIpc) is 2.35. The first-order valence-electron chi connectivity index (χ1n) is 7.20. The molecule has 0 radical (unpaired) electrons. The highest BCUT2D eigenvalue weighted by Gasteiger charge is 2.24. The highest BCUT2D eigenvalue weighted by atomic mass is 15.2. The summed E-state index contributed by atoms with van der Waals surface area (Å²) in [4.78, 5) is 7.14. The molecule has 1 rings (SSSR count). The van der Waals surface area contributed by atoms with Gasteiger partial charge >= 0.3 is 0 Å². The first kappa shape index (κ1) is 15.5. The smallest absolute Gasteiger partial charge is 0.0299 e. The van der Waals surface area contributed by atoms with Crippen molar-refractivity contribution in [2.45, 2.75) is 32.7 Å². The van der Waals surface area contributed by atoms with E-state index in [2.05, 4.69) is 56.3 Å². The van der Waals surface area contributed by atoms with Crippen LogP contribution in [0.15, 0.2) is 12.3 Å². The predicted molar refractivity (Wildman–Crippen MR) is 79.8 cm³/mol. The fourth-order valence-corrected chi connectivity index (χ4v) is 2.55. The maximum Gasteiger partial charge on any atom is 0.0299 e. The van der Waals surface area contributed by atoms with Crippen molar-refractivity contribution in [1.29, 1.82) is 0 Å². The summed E-state index contributed by atoms with van der Waals surface area (Å²) < 4.78 is 0. The zero-order valence-electron chi connectivity index (χ0n) is 12.9. The van der Waals surface area contributed by atoms with Gasteiger partial charge in [0.2, 0.25) is 0 Å². The zero-order chi connectivity index (χ0) is 13.7. The topological polar surface area (TPSA) is 9.72 Å². The van der Waals surface area contributed by atoms with E-state index in [9.17, 15) is 0 Å². The summed E-state index contributed by atoms with van der Waals surface area (Å²) in [5.41, 5.74) is 1.33. The first-order chi connectivity index (χ1) is 8.41. The maximum atomic E-state index is 4.32. The van der Waals surface area contributed by atoms with Crippen molar-refractivity contribution in [1.82, 2.24) is 14.7 Å². The number of allylic oxidation sites excluding steroid dienone is 1. The van der Waals surface area contributed by atoms with Gasteiger partial charge in [0.15, 0.2) is 0 Å². The van der Waals surface area contributed by atoms with Gasteiger partial charge < -0.3 is 14.7 Å². The minimum atomic E-state index is 0.686. The largest absolute Gasteiger partial charge is 0.377 e. The Morgan fingerprint density at radius 1 is 1.17 bits per heavy atom. The van der Waals surface area contributed by atoms with Crippen LogP contribution in [-0.4, -0.2) is 68.1 Å². The maximum absolute atomic E-state index is 4.32. The van der Waals surface area contributed by atoms with Crippen molar-refractivity contribution in [2.24, 2.45) is 5.92 Å². The number of likely N-dealkylation sites (N-methyl/N-ethyl adjacent to an activating group) is 2. The number of rotatable bonds is 6. The number of piperidine rings is 1. The average molecular weight is 253 g/mol. The van der Waals surface area contributed by atoms with E-state index in [-0.39, 0.29) is 0 Å². The molecular weight excluding hydrogens is 222 g/mol. The summed E-state index contributed by atoms with van der Waals surface area (Å²) in [7, 11) is 6.43. The Labute approximate surface area is 113 Å². The number of likely N-dealkylation sites (tertiary alicyclic amines) is 1. The quantitative estimate of drug-likeness (QED) is 0.718. The van der Waals surface area contributed by atoms with Crippen LogP contribution in [0.4, 0.5) is 0 Å². The lowest BCUT2D eigenvalue weighted by Crippen LogP contribution is -2.40. The molecule has 0 aromatic heterocycles. The minimum absolute atomic E-state index is 0.686. The number of hydrogen-bond donors (Lipinski definition) is 0. The van der Waals surface area contributed by atoms with Gasteiger partial charge in [0.25, 0.3) is 0 Å². The van der Waals surface area contributed by atoms with Gasteiger partial charge in [-0.2, -0.15) is 0 Å². The Balaban J connectivity index is 2.35. The molecule has 0 atom stereocenters. The number of hydrogen-bond acceptors (Lipinski definition) is 3. The fourth-order valence-electron chi connectivity index (χ4n) is 2.55. The van der Waals surface area contributed by atoms with Crippen LogP contribution >= 0.6 is 0 Å². The SMILES string of the molecule is C=C(C1CCN(C(C)C)CC1)N(C)CCN(C)C. The van der Waals surface area contributed by atoms with Crippen molar-refractivity contribution in [3.8, 4) is 0 Å². The number of nitrogens with zero attached hydrogens (tertiary/aromatic N) is 3. The van der Waals surface area contributed by atoms with E-state index in [1.54, 1.807) is 0 Å². The second-order valence-electron chi connectivity index (χ2n) is 6.12. The van der Waals surface area contributed by atoms with Gasteiger partial charge in [0.05, 0.1) is 0 Å². The summed E-state index contributed by atoms with van der Waals surface area (Å²) in [5.74, 6) is 0.687. The molecule has 0 spiro atoms. The van der Waals surface area contributed by atoms with Crippen molar-refractivity contribution in [3.63, 3.8) is 0 Å². The molecule has 0 unspecified atom stereocenters. The molecule has 3 nitrogen and oxygen atoms in total. The molecule has 0 aromatic rings. The normalized spacial score (nSPS) is 18.6. The third-order valence-electron chi connectivity index (χ3n) is 4.10. The molecule has 0 N–H and O–H groups in total.